The van der Waals surface area contributed by atoms with E-state index in [1.807, 2.05) is 31.4 Å². The van der Waals surface area contributed by atoms with Gasteiger partial charge in [0.25, 0.3) is 0 Å². The molecular weight excluding hydrogens is 236 g/mol. The van der Waals surface area contributed by atoms with Gasteiger partial charge in [0.1, 0.15) is 5.78 Å². The van der Waals surface area contributed by atoms with Gasteiger partial charge in [-0.2, -0.15) is 5.10 Å². The van der Waals surface area contributed by atoms with E-state index < -0.39 is 0 Å². The van der Waals surface area contributed by atoms with Gasteiger partial charge in [-0.15, -0.1) is 0 Å². The molecule has 0 aliphatic heterocycles. The average molecular weight is 249 g/mol. The van der Waals surface area contributed by atoms with E-state index in [2.05, 4.69) is 5.10 Å². The lowest BCUT2D eigenvalue weighted by molar-refractivity contribution is -0.117. The standard InChI is InChI=1S/C13H13ClN2O/c1-16-9-10(8-15-16)6-12(17)7-11-4-2-3-5-13(11)14/h2-5,8-9H,6-7H2,1H3. The van der Waals surface area contributed by atoms with E-state index >= 15 is 0 Å². The molecule has 0 unspecified atom stereocenters. The van der Waals surface area contributed by atoms with Crippen molar-refractivity contribution in [2.24, 2.45) is 7.05 Å². The predicted octanol–water partition coefficient (Wildman–Crippen LogP) is 2.43. The van der Waals surface area contributed by atoms with Gasteiger partial charge in [0.05, 0.1) is 6.20 Å². The highest BCUT2D eigenvalue weighted by Crippen LogP contribution is 2.16. The van der Waals surface area contributed by atoms with Crippen LogP contribution in [0.15, 0.2) is 36.7 Å². The second-order valence-electron chi connectivity index (χ2n) is 4.01. The number of rotatable bonds is 4. The highest BCUT2D eigenvalue weighted by atomic mass is 35.5. The summed E-state index contributed by atoms with van der Waals surface area (Å²) in [6, 6.07) is 7.42. The Morgan fingerprint density at radius 3 is 2.76 bits per heavy atom. The second kappa shape index (κ2) is 5.15. The number of carbonyl (C=O) groups excluding carboxylic acids is 1. The lowest BCUT2D eigenvalue weighted by Crippen LogP contribution is -2.06. The number of hydrogen-bond acceptors (Lipinski definition) is 2. The van der Waals surface area contributed by atoms with Crippen molar-refractivity contribution in [2.75, 3.05) is 0 Å². The van der Waals surface area contributed by atoms with Crippen LogP contribution in [-0.4, -0.2) is 15.6 Å². The molecule has 1 aromatic carbocycles. The summed E-state index contributed by atoms with van der Waals surface area (Å²) in [7, 11) is 1.84. The molecule has 0 N–H and O–H groups in total. The largest absolute Gasteiger partial charge is 0.299 e. The Balaban J connectivity index is 2.01. The molecule has 1 heterocycles. The SMILES string of the molecule is Cn1cc(CC(=O)Cc2ccccc2Cl)cn1. The summed E-state index contributed by atoms with van der Waals surface area (Å²) in [5.41, 5.74) is 1.81. The zero-order valence-electron chi connectivity index (χ0n) is 9.56. The Bertz CT molecular complexity index is 534. The fourth-order valence-corrected chi connectivity index (χ4v) is 1.91. The Kier molecular flexibility index (Phi) is 3.59. The zero-order chi connectivity index (χ0) is 12.3. The fourth-order valence-electron chi connectivity index (χ4n) is 1.71. The Labute approximate surface area is 105 Å². The molecule has 4 heteroatoms. The van der Waals surface area contributed by atoms with Crippen LogP contribution >= 0.6 is 11.6 Å². The zero-order valence-corrected chi connectivity index (χ0v) is 10.3. The molecule has 0 radical (unpaired) electrons. The first-order chi connectivity index (χ1) is 8.15. The number of benzene rings is 1. The number of aromatic nitrogens is 2. The van der Waals surface area contributed by atoms with Crippen LogP contribution < -0.4 is 0 Å². The van der Waals surface area contributed by atoms with Crippen LogP contribution in [-0.2, 0) is 24.7 Å². The van der Waals surface area contributed by atoms with Crippen molar-refractivity contribution >= 4 is 17.4 Å². The fraction of sp³-hybridized carbons (Fsp3) is 0.231. The summed E-state index contributed by atoms with van der Waals surface area (Å²) in [6.45, 7) is 0. The number of Topliss-reactive ketones (excluding diaryl/α,β-unsaturated/α-hetero) is 1. The molecule has 3 nitrogen and oxygen atoms in total. The Morgan fingerprint density at radius 1 is 1.35 bits per heavy atom. The van der Waals surface area contributed by atoms with Crippen molar-refractivity contribution in [2.45, 2.75) is 12.8 Å². The minimum absolute atomic E-state index is 0.145. The Morgan fingerprint density at radius 2 is 2.12 bits per heavy atom. The van der Waals surface area contributed by atoms with Crippen LogP contribution in [0.4, 0.5) is 0 Å². The summed E-state index contributed by atoms with van der Waals surface area (Å²) in [5, 5.41) is 4.68. The first-order valence-corrected chi connectivity index (χ1v) is 5.75. The second-order valence-corrected chi connectivity index (χ2v) is 4.41. The van der Waals surface area contributed by atoms with E-state index in [1.165, 1.54) is 0 Å². The van der Waals surface area contributed by atoms with Gasteiger partial charge in [-0.3, -0.25) is 9.48 Å². The van der Waals surface area contributed by atoms with E-state index in [4.69, 9.17) is 11.6 Å². The third-order valence-corrected chi connectivity index (χ3v) is 2.87. The molecule has 0 aliphatic rings. The molecule has 0 atom stereocenters. The number of ketones is 1. The maximum absolute atomic E-state index is 11.8. The van der Waals surface area contributed by atoms with Gasteiger partial charge in [0, 0.05) is 31.1 Å². The molecule has 1 aromatic heterocycles. The van der Waals surface area contributed by atoms with Crippen molar-refractivity contribution in [1.29, 1.82) is 0 Å². The summed E-state index contributed by atoms with van der Waals surface area (Å²) < 4.78 is 1.69. The average Bonchev–Trinajstić information content (AvgIpc) is 2.67. The third kappa shape index (κ3) is 3.17. The number of carbonyl (C=O) groups is 1. The van der Waals surface area contributed by atoms with E-state index in [9.17, 15) is 4.79 Å². The molecule has 0 fully saturated rings. The molecule has 0 saturated carbocycles. The molecular formula is C13H13ClN2O. The quantitative estimate of drug-likeness (QED) is 0.833. The van der Waals surface area contributed by atoms with Crippen LogP contribution in [0.5, 0.6) is 0 Å². The summed E-state index contributed by atoms with van der Waals surface area (Å²) in [4.78, 5) is 11.8. The molecule has 88 valence electrons. The molecule has 17 heavy (non-hydrogen) atoms. The van der Waals surface area contributed by atoms with E-state index in [1.54, 1.807) is 16.9 Å². The van der Waals surface area contributed by atoms with Crippen molar-refractivity contribution in [3.8, 4) is 0 Å². The molecule has 0 bridgehead atoms. The van der Waals surface area contributed by atoms with E-state index in [0.29, 0.717) is 17.9 Å². The van der Waals surface area contributed by atoms with Gasteiger partial charge in [-0.1, -0.05) is 29.8 Å². The first-order valence-electron chi connectivity index (χ1n) is 5.38. The van der Waals surface area contributed by atoms with Gasteiger partial charge in [0.2, 0.25) is 0 Å². The number of nitrogens with zero attached hydrogens (tertiary/aromatic N) is 2. The van der Waals surface area contributed by atoms with Gasteiger partial charge in [-0.05, 0) is 17.2 Å². The van der Waals surface area contributed by atoms with Gasteiger partial charge >= 0.3 is 0 Å². The highest BCUT2D eigenvalue weighted by Gasteiger charge is 2.08. The lowest BCUT2D eigenvalue weighted by Gasteiger charge is -2.02. The van der Waals surface area contributed by atoms with Crippen molar-refractivity contribution in [3.05, 3.63) is 52.8 Å². The number of aryl methyl sites for hydroxylation is 1. The van der Waals surface area contributed by atoms with Crippen molar-refractivity contribution < 1.29 is 4.79 Å². The van der Waals surface area contributed by atoms with Gasteiger partial charge in [-0.25, -0.2) is 0 Å². The van der Waals surface area contributed by atoms with Gasteiger partial charge < -0.3 is 0 Å². The highest BCUT2D eigenvalue weighted by molar-refractivity contribution is 6.31. The number of hydrogen-bond donors (Lipinski definition) is 0. The molecule has 0 aliphatic carbocycles. The summed E-state index contributed by atoms with van der Waals surface area (Å²) in [5.74, 6) is 0.145. The topological polar surface area (TPSA) is 34.9 Å². The Hall–Kier alpha value is -1.61. The number of halogens is 1. The van der Waals surface area contributed by atoms with Crippen LogP contribution in [0.2, 0.25) is 5.02 Å². The molecule has 2 aromatic rings. The monoisotopic (exact) mass is 248 g/mol. The summed E-state index contributed by atoms with van der Waals surface area (Å²) >= 11 is 6.01. The first kappa shape index (κ1) is 11.9. The van der Waals surface area contributed by atoms with Crippen LogP contribution in [0.1, 0.15) is 11.1 Å². The van der Waals surface area contributed by atoms with Crippen LogP contribution in [0.3, 0.4) is 0 Å². The molecule has 0 saturated heterocycles. The maximum atomic E-state index is 11.8. The smallest absolute Gasteiger partial charge is 0.141 e. The third-order valence-electron chi connectivity index (χ3n) is 2.51. The maximum Gasteiger partial charge on any atom is 0.141 e. The van der Waals surface area contributed by atoms with E-state index in [-0.39, 0.29) is 5.78 Å². The van der Waals surface area contributed by atoms with E-state index in [0.717, 1.165) is 11.1 Å². The summed E-state index contributed by atoms with van der Waals surface area (Å²) in [6.07, 6.45) is 4.34. The minimum atomic E-state index is 0.145. The van der Waals surface area contributed by atoms with Crippen LogP contribution in [0, 0.1) is 0 Å². The predicted molar refractivity (Wildman–Crippen MR) is 67.1 cm³/mol. The minimum Gasteiger partial charge on any atom is -0.299 e. The molecule has 2 rings (SSSR count). The van der Waals surface area contributed by atoms with Crippen molar-refractivity contribution in [1.82, 2.24) is 9.78 Å². The molecule has 0 amide bonds. The van der Waals surface area contributed by atoms with Crippen molar-refractivity contribution in [3.63, 3.8) is 0 Å². The normalized spacial score (nSPS) is 10.5. The molecule has 0 spiro atoms. The van der Waals surface area contributed by atoms with Crippen LogP contribution in [0.25, 0.3) is 0 Å². The van der Waals surface area contributed by atoms with Gasteiger partial charge in [0.15, 0.2) is 0 Å². The lowest BCUT2D eigenvalue weighted by atomic mass is 10.0.